The molecule has 0 aliphatic carbocycles. The SMILES string of the molecule is c1ccc(-c2cc3c4c(c2)Sc2cc5c(cc2B4c2ccccc2O3)B2c3ccccc3N(c3c(-c4ccccc4)cccc3-c3ccccc3)c3cc(-c4ccccc4)cc(c32)O5)cc1. The van der Waals surface area contributed by atoms with Crippen molar-refractivity contribution in [2.45, 2.75) is 9.79 Å². The molecule has 4 aliphatic rings. The summed E-state index contributed by atoms with van der Waals surface area (Å²) in [6, 6.07) is 81.4. The molecular formula is C60H37B2NO2S. The van der Waals surface area contributed by atoms with E-state index in [1.54, 1.807) is 0 Å². The minimum atomic E-state index is -0.0909. The van der Waals surface area contributed by atoms with Crippen molar-refractivity contribution in [3.8, 4) is 67.5 Å². The third kappa shape index (κ3) is 5.75. The number of anilines is 3. The van der Waals surface area contributed by atoms with Gasteiger partial charge in [0.25, 0.3) is 13.4 Å². The second kappa shape index (κ2) is 14.8. The molecule has 306 valence electrons. The van der Waals surface area contributed by atoms with Crippen LogP contribution in [0, 0.1) is 0 Å². The number of nitrogens with zero attached hydrogens (tertiary/aromatic N) is 1. The standard InChI is InChI=1S/C60H37B2NO2S/c1-5-18-38(19-6-1)42-32-51-58-54(33-42)65-53-37-56-49(62-47-29-14-16-31-52(47)64-55-34-43(35-57(66-56)59(55)62)39-20-7-2-8-21-39)36-48(53)61(58)46-28-13-15-30-50(46)63(51)60-44(40-22-9-3-10-23-40)26-17-27-45(60)41-24-11-4-12-25-41/h1-37H. The fraction of sp³-hybridized carbons (Fsp3) is 0. The lowest BCUT2D eigenvalue weighted by Crippen LogP contribution is -2.62. The Morgan fingerprint density at radius 3 is 1.52 bits per heavy atom. The van der Waals surface area contributed by atoms with E-state index in [9.17, 15) is 0 Å². The van der Waals surface area contributed by atoms with Gasteiger partial charge in [-0.1, -0.05) is 199 Å². The Labute approximate surface area is 389 Å². The van der Waals surface area contributed by atoms with Gasteiger partial charge in [0.1, 0.15) is 23.0 Å². The van der Waals surface area contributed by atoms with Crippen LogP contribution in [0.1, 0.15) is 0 Å². The minimum absolute atomic E-state index is 0.00541. The highest BCUT2D eigenvalue weighted by Gasteiger charge is 2.46. The van der Waals surface area contributed by atoms with Gasteiger partial charge < -0.3 is 14.4 Å². The van der Waals surface area contributed by atoms with Gasteiger partial charge in [0.2, 0.25) is 0 Å². The van der Waals surface area contributed by atoms with Crippen LogP contribution in [0.2, 0.25) is 0 Å². The lowest BCUT2D eigenvalue weighted by Gasteiger charge is -2.42. The molecule has 0 spiro atoms. The van der Waals surface area contributed by atoms with E-state index in [-0.39, 0.29) is 13.4 Å². The van der Waals surface area contributed by atoms with Crippen molar-refractivity contribution in [3.63, 3.8) is 0 Å². The van der Waals surface area contributed by atoms with Crippen LogP contribution < -0.4 is 47.2 Å². The Bertz CT molecular complexity index is 3530. The predicted molar refractivity (Wildman–Crippen MR) is 276 cm³/mol. The summed E-state index contributed by atoms with van der Waals surface area (Å²) < 4.78 is 14.2. The zero-order valence-corrected chi connectivity index (χ0v) is 36.5. The van der Waals surface area contributed by atoms with Crippen LogP contribution in [0.25, 0.3) is 44.5 Å². The second-order valence-corrected chi connectivity index (χ2v) is 18.6. The van der Waals surface area contributed by atoms with Gasteiger partial charge in [-0.2, -0.15) is 0 Å². The molecule has 0 fully saturated rings. The van der Waals surface area contributed by atoms with Crippen molar-refractivity contribution < 1.29 is 9.47 Å². The summed E-state index contributed by atoms with van der Waals surface area (Å²) in [6.45, 7) is -0.0963. The van der Waals surface area contributed by atoms with Crippen LogP contribution in [-0.4, -0.2) is 13.4 Å². The van der Waals surface area contributed by atoms with Crippen molar-refractivity contribution >= 4 is 75.0 Å². The molecule has 14 rings (SSSR count). The van der Waals surface area contributed by atoms with Gasteiger partial charge in [0.15, 0.2) is 0 Å². The van der Waals surface area contributed by atoms with E-state index in [1.165, 1.54) is 48.1 Å². The second-order valence-electron chi connectivity index (χ2n) is 17.5. The van der Waals surface area contributed by atoms with Crippen LogP contribution in [0.4, 0.5) is 17.1 Å². The van der Waals surface area contributed by atoms with E-state index < -0.39 is 0 Å². The van der Waals surface area contributed by atoms with Gasteiger partial charge in [-0.25, -0.2) is 0 Å². The highest BCUT2D eigenvalue weighted by atomic mass is 32.2. The van der Waals surface area contributed by atoms with E-state index in [4.69, 9.17) is 9.47 Å². The maximum absolute atomic E-state index is 7.37. The fourth-order valence-electron chi connectivity index (χ4n) is 11.0. The quantitative estimate of drug-likeness (QED) is 0.161. The number of benzene rings is 10. The Balaban J connectivity index is 1.02. The highest BCUT2D eigenvalue weighted by molar-refractivity contribution is 8.00. The molecule has 0 unspecified atom stereocenters. The lowest BCUT2D eigenvalue weighted by atomic mass is 9.31. The first-order chi connectivity index (χ1) is 32.7. The Morgan fingerprint density at radius 2 is 0.848 bits per heavy atom. The molecule has 0 bridgehead atoms. The molecule has 10 aromatic rings. The van der Waals surface area contributed by atoms with Crippen LogP contribution in [0.5, 0.6) is 23.0 Å². The fourth-order valence-corrected chi connectivity index (χ4v) is 12.2. The van der Waals surface area contributed by atoms with Crippen molar-refractivity contribution in [3.05, 3.63) is 224 Å². The average molecular weight is 858 g/mol. The van der Waals surface area contributed by atoms with Crippen LogP contribution in [-0.2, 0) is 0 Å². The summed E-state index contributed by atoms with van der Waals surface area (Å²) in [6.07, 6.45) is 0. The molecule has 0 radical (unpaired) electrons. The summed E-state index contributed by atoms with van der Waals surface area (Å²) in [5.74, 6) is 3.61. The van der Waals surface area contributed by atoms with Crippen LogP contribution in [0.15, 0.2) is 234 Å². The molecule has 66 heavy (non-hydrogen) atoms. The first-order valence-electron chi connectivity index (χ1n) is 22.6. The van der Waals surface area contributed by atoms with E-state index >= 15 is 0 Å². The maximum Gasteiger partial charge on any atom is 0.256 e. The van der Waals surface area contributed by atoms with E-state index in [0.29, 0.717) is 0 Å². The number of rotatable bonds is 5. The third-order valence-corrected chi connectivity index (χ3v) is 15.0. The lowest BCUT2D eigenvalue weighted by molar-refractivity contribution is 0.486. The highest BCUT2D eigenvalue weighted by Crippen LogP contribution is 2.50. The van der Waals surface area contributed by atoms with Crippen molar-refractivity contribution in [1.29, 1.82) is 0 Å². The summed E-state index contributed by atoms with van der Waals surface area (Å²) in [5.41, 5.74) is 19.9. The largest absolute Gasteiger partial charge is 0.458 e. The van der Waals surface area contributed by atoms with Crippen molar-refractivity contribution in [1.82, 2.24) is 0 Å². The van der Waals surface area contributed by atoms with Gasteiger partial charge in [0, 0.05) is 32.3 Å². The molecular weight excluding hydrogens is 820 g/mol. The van der Waals surface area contributed by atoms with E-state index in [0.717, 1.165) is 79.0 Å². The maximum atomic E-state index is 7.37. The number of ether oxygens (including phenoxy) is 2. The minimum Gasteiger partial charge on any atom is -0.458 e. The van der Waals surface area contributed by atoms with Gasteiger partial charge in [0.05, 0.1) is 5.69 Å². The first-order valence-corrected chi connectivity index (χ1v) is 23.4. The molecule has 10 aromatic carbocycles. The normalized spacial score (nSPS) is 13.2. The predicted octanol–water partition coefficient (Wildman–Crippen LogP) is 11.8. The van der Waals surface area contributed by atoms with Crippen molar-refractivity contribution in [2.24, 2.45) is 0 Å². The smallest absolute Gasteiger partial charge is 0.256 e. The zero-order chi connectivity index (χ0) is 43.3. The van der Waals surface area contributed by atoms with Crippen LogP contribution in [0.3, 0.4) is 0 Å². The Morgan fingerprint density at radius 1 is 0.318 bits per heavy atom. The van der Waals surface area contributed by atoms with Crippen LogP contribution >= 0.6 is 11.8 Å². The summed E-state index contributed by atoms with van der Waals surface area (Å²) in [5, 5.41) is 0. The molecule has 3 nitrogen and oxygen atoms in total. The first kappa shape index (κ1) is 37.5. The summed E-state index contributed by atoms with van der Waals surface area (Å²) in [7, 11) is 0. The van der Waals surface area contributed by atoms with Gasteiger partial charge >= 0.3 is 0 Å². The van der Waals surface area contributed by atoms with Gasteiger partial charge in [-0.05, 0) is 103 Å². The molecule has 0 amide bonds. The monoisotopic (exact) mass is 857 g/mol. The summed E-state index contributed by atoms with van der Waals surface area (Å²) >= 11 is 1.83. The zero-order valence-electron chi connectivity index (χ0n) is 35.7. The van der Waals surface area contributed by atoms with Gasteiger partial charge in [-0.3, -0.25) is 0 Å². The number of hydrogen-bond donors (Lipinski definition) is 0. The molecule has 4 heterocycles. The molecule has 0 saturated carbocycles. The third-order valence-electron chi connectivity index (χ3n) is 13.8. The molecule has 6 heteroatoms. The number of hydrogen-bond acceptors (Lipinski definition) is 4. The molecule has 0 N–H and O–H groups in total. The van der Waals surface area contributed by atoms with E-state index in [1.807, 2.05) is 11.8 Å². The molecule has 0 aromatic heterocycles. The molecule has 4 aliphatic heterocycles. The number of fused-ring (bicyclic) bond motifs is 8. The topological polar surface area (TPSA) is 21.7 Å². The van der Waals surface area contributed by atoms with Crippen molar-refractivity contribution in [2.75, 3.05) is 4.90 Å². The molecule has 0 saturated heterocycles. The Kier molecular flexibility index (Phi) is 8.41. The van der Waals surface area contributed by atoms with Gasteiger partial charge in [-0.15, -0.1) is 0 Å². The van der Waals surface area contributed by atoms with E-state index in [2.05, 4.69) is 229 Å². The molecule has 0 atom stereocenters. The average Bonchev–Trinajstić information content (AvgIpc) is 3.38. The Hall–Kier alpha value is -7.92. The summed E-state index contributed by atoms with van der Waals surface area (Å²) in [4.78, 5) is 4.96. The number of para-hydroxylation sites is 3.